The van der Waals surface area contributed by atoms with Crippen LogP contribution < -0.4 is 14.8 Å². The van der Waals surface area contributed by atoms with Crippen molar-refractivity contribution >= 4 is 23.1 Å². The third kappa shape index (κ3) is 7.88. The van der Waals surface area contributed by atoms with Crippen molar-refractivity contribution in [2.75, 3.05) is 34.4 Å². The van der Waals surface area contributed by atoms with Gasteiger partial charge in [-0.05, 0) is 106 Å². The molecule has 3 aromatic carbocycles. The lowest BCUT2D eigenvalue weighted by atomic mass is 9.74. The largest absolute Gasteiger partial charge is 0.496 e. The molecule has 0 aromatic heterocycles. The average molecular weight is 678 g/mol. The van der Waals surface area contributed by atoms with Gasteiger partial charge in [0.2, 0.25) is 0 Å². The molecule has 2 bridgehead atoms. The van der Waals surface area contributed by atoms with E-state index in [0.717, 1.165) is 96.4 Å². The normalized spacial score (nSPS) is 20.6. The number of ether oxygens (including phenoxy) is 2. The van der Waals surface area contributed by atoms with Gasteiger partial charge in [0, 0.05) is 48.9 Å². The summed E-state index contributed by atoms with van der Waals surface area (Å²) in [5.41, 5.74) is 6.48. The molecule has 1 saturated carbocycles. The Morgan fingerprint density at radius 1 is 1.04 bits per heavy atom. The Morgan fingerprint density at radius 3 is 2.52 bits per heavy atom. The molecule has 0 radical (unpaired) electrons. The van der Waals surface area contributed by atoms with Gasteiger partial charge in [-0.25, -0.2) is 8.78 Å². The Labute approximate surface area is 288 Å². The number of piperidine rings is 1. The number of carbonyl (C=O) groups is 1. The van der Waals surface area contributed by atoms with E-state index in [0.29, 0.717) is 24.9 Å². The minimum Gasteiger partial charge on any atom is -0.496 e. The summed E-state index contributed by atoms with van der Waals surface area (Å²) in [6.45, 7) is 3.92. The van der Waals surface area contributed by atoms with Crippen molar-refractivity contribution in [3.05, 3.63) is 99.1 Å². The second kappa shape index (κ2) is 15.0. The van der Waals surface area contributed by atoms with Gasteiger partial charge in [-0.1, -0.05) is 48.0 Å². The summed E-state index contributed by atoms with van der Waals surface area (Å²) in [5.74, 6) is -0.0284. The summed E-state index contributed by atoms with van der Waals surface area (Å²) in [7, 11) is 5.94. The van der Waals surface area contributed by atoms with E-state index in [1.54, 1.807) is 7.11 Å². The minimum absolute atomic E-state index is 0.00826. The molecule has 3 atom stereocenters. The van der Waals surface area contributed by atoms with E-state index in [1.165, 1.54) is 0 Å². The lowest BCUT2D eigenvalue weighted by Crippen LogP contribution is -2.54. The van der Waals surface area contributed by atoms with Gasteiger partial charge < -0.3 is 24.6 Å². The number of carbonyl (C=O) groups excluding carboxylic acids is 1. The van der Waals surface area contributed by atoms with Crippen LogP contribution in [0.4, 0.5) is 8.78 Å². The fraction of sp³-hybridized carbons (Fsp3) is 0.462. The van der Waals surface area contributed by atoms with E-state index in [-0.39, 0.29) is 35.4 Å². The Kier molecular flexibility index (Phi) is 10.7. The lowest BCUT2D eigenvalue weighted by molar-refractivity contribution is -0.128. The van der Waals surface area contributed by atoms with Crippen LogP contribution in [0, 0.1) is 24.5 Å². The molecule has 6 nitrogen and oxygen atoms in total. The molecule has 256 valence electrons. The molecule has 2 heterocycles. The van der Waals surface area contributed by atoms with Crippen molar-refractivity contribution in [1.29, 1.82) is 0 Å². The maximum atomic E-state index is 14.8. The number of nitrogens with zero attached hydrogens (tertiary/aromatic N) is 2. The number of nitrogens with one attached hydrogen (secondary N) is 1. The summed E-state index contributed by atoms with van der Waals surface area (Å²) < 4.78 is 38.6. The van der Waals surface area contributed by atoms with Crippen LogP contribution >= 0.6 is 11.6 Å². The molecule has 3 aromatic rings. The Hall–Kier alpha value is -3.46. The van der Waals surface area contributed by atoms with E-state index < -0.39 is 11.6 Å². The van der Waals surface area contributed by atoms with E-state index >= 15 is 0 Å². The van der Waals surface area contributed by atoms with Gasteiger partial charge in [0.15, 0.2) is 0 Å². The zero-order chi connectivity index (χ0) is 33.9. The molecular formula is C39H46ClF2N3O3. The highest BCUT2D eigenvalue weighted by molar-refractivity contribution is 6.32. The van der Waals surface area contributed by atoms with Crippen LogP contribution in [0.2, 0.25) is 5.02 Å². The van der Waals surface area contributed by atoms with Crippen molar-refractivity contribution in [3.8, 4) is 11.5 Å². The first-order valence-corrected chi connectivity index (χ1v) is 17.4. The first kappa shape index (κ1) is 34.4. The van der Waals surface area contributed by atoms with Crippen molar-refractivity contribution in [2.24, 2.45) is 5.92 Å². The third-order valence-electron chi connectivity index (χ3n) is 9.94. The molecule has 2 fully saturated rings. The highest BCUT2D eigenvalue weighted by atomic mass is 35.5. The molecule has 6 rings (SSSR count). The zero-order valence-corrected chi connectivity index (χ0v) is 29.1. The lowest BCUT2D eigenvalue weighted by Gasteiger charge is -2.44. The molecule has 1 amide bonds. The molecule has 3 aliphatic rings. The molecule has 48 heavy (non-hydrogen) atoms. The second-order valence-electron chi connectivity index (χ2n) is 13.9. The Balaban J connectivity index is 1.23. The number of benzene rings is 3. The van der Waals surface area contributed by atoms with E-state index in [4.69, 9.17) is 21.1 Å². The van der Waals surface area contributed by atoms with Crippen molar-refractivity contribution in [3.63, 3.8) is 0 Å². The van der Waals surface area contributed by atoms with Gasteiger partial charge in [0.25, 0.3) is 5.91 Å². The molecular weight excluding hydrogens is 632 g/mol. The highest BCUT2D eigenvalue weighted by Gasteiger charge is 2.43. The van der Waals surface area contributed by atoms with Gasteiger partial charge in [-0.3, -0.25) is 4.79 Å². The minimum atomic E-state index is -0.833. The molecule has 1 saturated heterocycles. The van der Waals surface area contributed by atoms with Crippen molar-refractivity contribution in [2.45, 2.75) is 76.5 Å². The van der Waals surface area contributed by atoms with Crippen LogP contribution in [0.15, 0.2) is 60.2 Å². The van der Waals surface area contributed by atoms with Crippen LogP contribution in [0.3, 0.4) is 0 Å². The number of methoxy groups -OCH3 is 1. The maximum absolute atomic E-state index is 14.8. The summed E-state index contributed by atoms with van der Waals surface area (Å²) >= 11 is 5.94. The van der Waals surface area contributed by atoms with E-state index in [2.05, 4.69) is 66.5 Å². The third-order valence-corrected chi connectivity index (χ3v) is 10.3. The van der Waals surface area contributed by atoms with Gasteiger partial charge in [0.05, 0.1) is 13.7 Å². The summed E-state index contributed by atoms with van der Waals surface area (Å²) in [5, 5.41) is 3.64. The summed E-state index contributed by atoms with van der Waals surface area (Å²) in [4.78, 5) is 19.2. The smallest absolute Gasteiger partial charge is 0.252 e. The molecule has 9 heteroatoms. The first-order chi connectivity index (χ1) is 23.1. The van der Waals surface area contributed by atoms with E-state index in [1.807, 2.05) is 12.1 Å². The first-order valence-electron chi connectivity index (χ1n) is 17.0. The number of fused-ring (bicyclic) bond motifs is 2. The average Bonchev–Trinajstić information content (AvgIpc) is 3.89. The molecule has 2 aliphatic heterocycles. The van der Waals surface area contributed by atoms with Gasteiger partial charge in [0.1, 0.15) is 28.2 Å². The van der Waals surface area contributed by atoms with Crippen LogP contribution in [-0.2, 0) is 17.8 Å². The maximum Gasteiger partial charge on any atom is 0.252 e. The van der Waals surface area contributed by atoms with Crippen molar-refractivity contribution < 1.29 is 23.0 Å². The van der Waals surface area contributed by atoms with Gasteiger partial charge >= 0.3 is 0 Å². The second-order valence-corrected chi connectivity index (χ2v) is 14.2. The fourth-order valence-corrected chi connectivity index (χ4v) is 7.66. The summed E-state index contributed by atoms with van der Waals surface area (Å²) in [6.07, 6.45) is 6.28. The highest BCUT2D eigenvalue weighted by Crippen LogP contribution is 2.41. The quantitative estimate of drug-likeness (QED) is 0.149. The number of aryl methyl sites for hydroxylation is 1. The number of halogens is 3. The summed E-state index contributed by atoms with van der Waals surface area (Å²) in [6, 6.07) is 17.0. The van der Waals surface area contributed by atoms with Crippen LogP contribution in [0.25, 0.3) is 5.57 Å². The molecule has 1 aliphatic carbocycles. The predicted molar refractivity (Wildman–Crippen MR) is 186 cm³/mol. The SMILES string of the molecule is COc1cccc(CN(C(=O)C2=C(c3ccc(CCCOc4cc(F)cc(F)c4Cl)cc3)CC3CC(CN(C)C)CC2N3)C2CC2)c1C. The number of hydrogen-bond donors (Lipinski definition) is 1. The molecule has 3 unspecified atom stereocenters. The number of amides is 1. The van der Waals surface area contributed by atoms with Crippen LogP contribution in [0.1, 0.15) is 60.8 Å². The van der Waals surface area contributed by atoms with E-state index in [9.17, 15) is 13.6 Å². The Morgan fingerprint density at radius 2 is 1.81 bits per heavy atom. The van der Waals surface area contributed by atoms with Gasteiger partial charge in [-0.2, -0.15) is 0 Å². The molecule has 1 N–H and O–H groups in total. The fourth-order valence-electron chi connectivity index (χ4n) is 7.49. The molecule has 0 spiro atoms. The van der Waals surface area contributed by atoms with Crippen LogP contribution in [0.5, 0.6) is 11.5 Å². The zero-order valence-electron chi connectivity index (χ0n) is 28.3. The van der Waals surface area contributed by atoms with Gasteiger partial charge in [-0.15, -0.1) is 0 Å². The monoisotopic (exact) mass is 677 g/mol. The van der Waals surface area contributed by atoms with Crippen LogP contribution in [-0.4, -0.2) is 68.2 Å². The topological polar surface area (TPSA) is 54.0 Å². The Bertz CT molecular complexity index is 1660. The number of rotatable bonds is 13. The number of hydrogen-bond acceptors (Lipinski definition) is 5. The van der Waals surface area contributed by atoms with Crippen molar-refractivity contribution in [1.82, 2.24) is 15.1 Å². The standard InChI is InChI=1S/C39H46ClF2N3O3/c1-24-28(8-5-9-35(24)47-4)23-45(31-14-15-31)39(46)37-32(21-30-17-26(22-44(2)3)18-34(37)43-30)27-12-10-25(11-13-27)7-6-16-48-36-20-29(41)19-33(42)38(36)40/h5,8-13,19-20,26,30-31,34,43H,6-7,14-18,21-23H2,1-4H3. The predicted octanol–water partition coefficient (Wildman–Crippen LogP) is 7.59.